The molecule has 0 aromatic heterocycles. The fourth-order valence-corrected chi connectivity index (χ4v) is 2.79. The fourth-order valence-electron chi connectivity index (χ4n) is 2.00. The molecule has 1 rings (SSSR count). The van der Waals surface area contributed by atoms with Gasteiger partial charge < -0.3 is 10.6 Å². The molecule has 0 aliphatic heterocycles. The second-order valence-corrected chi connectivity index (χ2v) is 7.80. The first-order chi connectivity index (χ1) is 11.2. The summed E-state index contributed by atoms with van der Waals surface area (Å²) in [4.78, 5) is 14.9. The molecule has 0 fully saturated rings. The van der Waals surface area contributed by atoms with Gasteiger partial charge in [0.25, 0.3) is 5.69 Å². The maximum atomic E-state index is 11.2. The summed E-state index contributed by atoms with van der Waals surface area (Å²) in [6, 6.07) is 6.36. The average Bonchev–Trinajstić information content (AvgIpc) is 2.50. The third kappa shape index (κ3) is 9.58. The van der Waals surface area contributed by atoms with E-state index in [4.69, 9.17) is 0 Å². The van der Waals surface area contributed by atoms with Crippen LogP contribution in [-0.2, 0) is 16.4 Å². The minimum atomic E-state index is -3.01. The van der Waals surface area contributed by atoms with Crippen LogP contribution in [0.5, 0.6) is 0 Å². The third-order valence-corrected chi connectivity index (χ3v) is 4.22. The molecule has 1 aromatic carbocycles. The largest absolute Gasteiger partial charge is 0.357 e. The van der Waals surface area contributed by atoms with Crippen molar-refractivity contribution in [2.45, 2.75) is 32.9 Å². The van der Waals surface area contributed by atoms with Crippen molar-refractivity contribution in [1.82, 2.24) is 10.6 Å². The first-order valence-electron chi connectivity index (χ1n) is 7.67. The number of nitro benzene ring substituents is 1. The molecule has 0 heterocycles. The molecule has 1 unspecified atom stereocenters. The Morgan fingerprint density at radius 1 is 1.36 bits per heavy atom. The third-order valence-electron chi connectivity index (χ3n) is 3.24. The second-order valence-electron chi connectivity index (χ2n) is 5.54. The van der Waals surface area contributed by atoms with E-state index in [1.165, 1.54) is 12.3 Å². The molecule has 0 spiro atoms. The molecule has 0 aliphatic rings. The number of guanidine groups is 1. The Hall–Kier alpha value is -1.43. The van der Waals surface area contributed by atoms with E-state index in [1.54, 1.807) is 18.2 Å². The number of nitrogens with one attached hydrogen (secondary N) is 2. The van der Waals surface area contributed by atoms with Crippen LogP contribution in [0.25, 0.3) is 0 Å². The standard InChI is InChI=1S/C15H24N4O4S.HI/c1-4-16-15(18-12(2)9-10-24(3,22)23)17-11-13-7-5-6-8-14(13)19(20)21;/h5-8,12H,4,9-11H2,1-3H3,(H2,16,17,18);1H. The Kier molecular flexibility index (Phi) is 10.6. The second kappa shape index (κ2) is 11.2. The number of hydrogen-bond acceptors (Lipinski definition) is 5. The summed E-state index contributed by atoms with van der Waals surface area (Å²) in [6.45, 7) is 4.55. The van der Waals surface area contributed by atoms with Crippen molar-refractivity contribution >= 4 is 45.5 Å². The molecule has 1 atom stereocenters. The van der Waals surface area contributed by atoms with Gasteiger partial charge in [0.05, 0.1) is 22.8 Å². The van der Waals surface area contributed by atoms with E-state index in [1.807, 2.05) is 13.8 Å². The zero-order valence-corrected chi connectivity index (χ0v) is 17.7. The predicted molar refractivity (Wildman–Crippen MR) is 110 cm³/mol. The summed E-state index contributed by atoms with van der Waals surface area (Å²) < 4.78 is 22.4. The van der Waals surface area contributed by atoms with Gasteiger partial charge in [-0.1, -0.05) is 18.2 Å². The molecule has 0 bridgehead atoms. The summed E-state index contributed by atoms with van der Waals surface area (Å²) in [7, 11) is -3.01. The minimum Gasteiger partial charge on any atom is -0.357 e. The minimum absolute atomic E-state index is 0. The van der Waals surface area contributed by atoms with E-state index in [2.05, 4.69) is 15.6 Å². The van der Waals surface area contributed by atoms with E-state index in [0.29, 0.717) is 24.5 Å². The van der Waals surface area contributed by atoms with Crippen LogP contribution in [-0.4, -0.2) is 43.9 Å². The highest BCUT2D eigenvalue weighted by molar-refractivity contribution is 14.0. The molecular weight excluding hydrogens is 459 g/mol. The Bertz CT molecular complexity index is 695. The lowest BCUT2D eigenvalue weighted by Crippen LogP contribution is -2.42. The zero-order chi connectivity index (χ0) is 18.2. The summed E-state index contributed by atoms with van der Waals surface area (Å²) in [5.74, 6) is 0.585. The van der Waals surface area contributed by atoms with E-state index < -0.39 is 14.8 Å². The van der Waals surface area contributed by atoms with Crippen molar-refractivity contribution < 1.29 is 13.3 Å². The molecule has 0 amide bonds. The van der Waals surface area contributed by atoms with Crippen molar-refractivity contribution in [3.63, 3.8) is 0 Å². The summed E-state index contributed by atoms with van der Waals surface area (Å²) in [5, 5.41) is 17.2. The highest BCUT2D eigenvalue weighted by Gasteiger charge is 2.13. The maximum Gasteiger partial charge on any atom is 0.274 e. The fraction of sp³-hybridized carbons (Fsp3) is 0.533. The molecule has 1 aromatic rings. The van der Waals surface area contributed by atoms with E-state index >= 15 is 0 Å². The number of para-hydroxylation sites is 1. The molecule has 0 saturated carbocycles. The molecule has 0 saturated heterocycles. The van der Waals surface area contributed by atoms with Gasteiger partial charge in [-0.3, -0.25) is 10.1 Å². The molecule has 2 N–H and O–H groups in total. The van der Waals surface area contributed by atoms with Crippen LogP contribution in [0.1, 0.15) is 25.8 Å². The summed E-state index contributed by atoms with van der Waals surface area (Å²) in [6.07, 6.45) is 1.66. The molecule has 25 heavy (non-hydrogen) atoms. The molecule has 8 nitrogen and oxygen atoms in total. The van der Waals surface area contributed by atoms with Gasteiger partial charge in [0, 0.05) is 24.9 Å². The van der Waals surface area contributed by atoms with Gasteiger partial charge in [0.15, 0.2) is 5.96 Å². The van der Waals surface area contributed by atoms with E-state index in [-0.39, 0.29) is 48.0 Å². The van der Waals surface area contributed by atoms with Gasteiger partial charge in [-0.2, -0.15) is 0 Å². The van der Waals surface area contributed by atoms with Crippen LogP contribution >= 0.6 is 24.0 Å². The monoisotopic (exact) mass is 484 g/mol. The zero-order valence-electron chi connectivity index (χ0n) is 14.6. The number of halogens is 1. The highest BCUT2D eigenvalue weighted by Crippen LogP contribution is 2.18. The number of nitro groups is 1. The molecular formula is C15H25IN4O4S. The first-order valence-corrected chi connectivity index (χ1v) is 9.74. The molecule has 142 valence electrons. The van der Waals surface area contributed by atoms with E-state index in [0.717, 1.165) is 0 Å². The Labute approximate surface area is 165 Å². The topological polar surface area (TPSA) is 114 Å². The van der Waals surface area contributed by atoms with Crippen LogP contribution in [0.3, 0.4) is 0 Å². The number of rotatable bonds is 8. The highest BCUT2D eigenvalue weighted by atomic mass is 127. The lowest BCUT2D eigenvalue weighted by molar-refractivity contribution is -0.385. The van der Waals surface area contributed by atoms with E-state index in [9.17, 15) is 18.5 Å². The van der Waals surface area contributed by atoms with Crippen LogP contribution in [0, 0.1) is 10.1 Å². The van der Waals surface area contributed by atoms with Crippen molar-refractivity contribution in [3.8, 4) is 0 Å². The van der Waals surface area contributed by atoms with Crippen LogP contribution in [0.2, 0.25) is 0 Å². The van der Waals surface area contributed by atoms with Crippen molar-refractivity contribution in [3.05, 3.63) is 39.9 Å². The van der Waals surface area contributed by atoms with Gasteiger partial charge in [0.1, 0.15) is 9.84 Å². The van der Waals surface area contributed by atoms with Crippen LogP contribution in [0.4, 0.5) is 5.69 Å². The SMILES string of the molecule is CCNC(=NCc1ccccc1[N+](=O)[O-])NC(C)CCS(C)(=O)=O.I. The number of aliphatic imine (C=N–C) groups is 1. The maximum absolute atomic E-state index is 11.2. The van der Waals surface area contributed by atoms with Gasteiger partial charge >= 0.3 is 0 Å². The Balaban J connectivity index is 0.00000576. The Morgan fingerprint density at radius 2 is 2.00 bits per heavy atom. The number of benzene rings is 1. The van der Waals surface area contributed by atoms with Crippen molar-refractivity contribution in [1.29, 1.82) is 0 Å². The van der Waals surface area contributed by atoms with Gasteiger partial charge in [0.2, 0.25) is 0 Å². The lowest BCUT2D eigenvalue weighted by atomic mass is 10.2. The number of sulfone groups is 1. The van der Waals surface area contributed by atoms with Gasteiger partial charge in [-0.15, -0.1) is 24.0 Å². The van der Waals surface area contributed by atoms with Crippen LogP contribution < -0.4 is 10.6 Å². The van der Waals surface area contributed by atoms with Gasteiger partial charge in [-0.05, 0) is 20.3 Å². The first kappa shape index (κ1) is 23.6. The summed E-state index contributed by atoms with van der Waals surface area (Å²) in [5.41, 5.74) is 0.547. The summed E-state index contributed by atoms with van der Waals surface area (Å²) >= 11 is 0. The van der Waals surface area contributed by atoms with Gasteiger partial charge in [-0.25, -0.2) is 13.4 Å². The molecule has 10 heteroatoms. The smallest absolute Gasteiger partial charge is 0.274 e. The quantitative estimate of drug-likeness (QED) is 0.192. The lowest BCUT2D eigenvalue weighted by Gasteiger charge is -2.17. The average molecular weight is 484 g/mol. The normalized spacial score (nSPS) is 12.8. The molecule has 0 radical (unpaired) electrons. The van der Waals surface area contributed by atoms with Crippen molar-refractivity contribution in [2.24, 2.45) is 4.99 Å². The number of hydrogen-bond donors (Lipinski definition) is 2. The van der Waals surface area contributed by atoms with Crippen molar-refractivity contribution in [2.75, 3.05) is 18.6 Å². The Morgan fingerprint density at radius 3 is 2.56 bits per heavy atom. The number of nitrogens with zero attached hydrogens (tertiary/aromatic N) is 2. The molecule has 0 aliphatic carbocycles. The van der Waals surface area contributed by atoms with Crippen LogP contribution in [0.15, 0.2) is 29.3 Å². The predicted octanol–water partition coefficient (Wildman–Crippen LogP) is 2.09.